The second-order valence-corrected chi connectivity index (χ2v) is 4.02. The smallest absolute Gasteiger partial charge is 0.0893 e. The van der Waals surface area contributed by atoms with E-state index < -0.39 is 0 Å². The first kappa shape index (κ1) is 12.9. The number of hydrogen-bond acceptors (Lipinski definition) is 2. The fourth-order valence-corrected chi connectivity index (χ4v) is 1.96. The van der Waals surface area contributed by atoms with Crippen molar-refractivity contribution in [2.45, 2.75) is 34.6 Å². The zero-order valence-corrected chi connectivity index (χ0v) is 12.8. The second kappa shape index (κ2) is 4.35. The van der Waals surface area contributed by atoms with Gasteiger partial charge < -0.3 is 0 Å². The molecule has 0 N–H and O–H groups in total. The molecule has 0 amide bonds. The summed E-state index contributed by atoms with van der Waals surface area (Å²) in [6, 6.07) is 0. The van der Waals surface area contributed by atoms with E-state index in [-0.39, 0.29) is 32.7 Å². The Morgan fingerprint density at radius 1 is 0.667 bits per heavy atom. The van der Waals surface area contributed by atoms with Gasteiger partial charge in [0.1, 0.15) is 0 Å². The summed E-state index contributed by atoms with van der Waals surface area (Å²) in [6.45, 7) is 10.8. The van der Waals surface area contributed by atoms with Gasteiger partial charge in [0.15, 0.2) is 0 Å². The zero-order valence-electron chi connectivity index (χ0n) is 9.97. The van der Waals surface area contributed by atoms with E-state index in [0.29, 0.717) is 0 Å². The Morgan fingerprint density at radius 2 is 1.00 bits per heavy atom. The molecule has 0 aromatic heterocycles. The van der Waals surface area contributed by atoms with Crippen molar-refractivity contribution in [3.05, 3.63) is 39.5 Å². The average molecular weight is 276 g/mol. The van der Waals surface area contributed by atoms with E-state index in [0.717, 1.165) is 6.17 Å². The van der Waals surface area contributed by atoms with Crippen LogP contribution in [0.1, 0.15) is 33.4 Å². The summed E-state index contributed by atoms with van der Waals surface area (Å²) in [5.74, 6) is 0. The van der Waals surface area contributed by atoms with Crippen LogP contribution in [0, 0.1) is 40.8 Å². The van der Waals surface area contributed by atoms with Crippen molar-refractivity contribution in [2.24, 2.45) is 10.2 Å². The summed E-state index contributed by atoms with van der Waals surface area (Å²) in [4.78, 5) is 0. The van der Waals surface area contributed by atoms with E-state index in [1.807, 2.05) is 0 Å². The number of rotatable bonds is 1. The fourth-order valence-electron chi connectivity index (χ4n) is 1.96. The van der Waals surface area contributed by atoms with Gasteiger partial charge in [-0.3, -0.25) is 0 Å². The SMILES string of the molecule is Cc1c(C)c(C)c([C-]2N=N2)c(C)c1C.[Y]. The molecular weight excluding hydrogens is 261 g/mol. The van der Waals surface area contributed by atoms with E-state index in [9.17, 15) is 0 Å². The van der Waals surface area contributed by atoms with Gasteiger partial charge in [-0.05, 0) is 6.92 Å². The predicted molar refractivity (Wildman–Crippen MR) is 57.3 cm³/mol. The first-order valence-corrected chi connectivity index (χ1v) is 4.90. The van der Waals surface area contributed by atoms with Crippen molar-refractivity contribution in [2.75, 3.05) is 0 Å². The van der Waals surface area contributed by atoms with E-state index in [2.05, 4.69) is 44.8 Å². The molecule has 0 saturated heterocycles. The van der Waals surface area contributed by atoms with Crippen LogP contribution in [0.5, 0.6) is 0 Å². The van der Waals surface area contributed by atoms with Crippen molar-refractivity contribution < 1.29 is 32.7 Å². The largest absolute Gasteiger partial charge is 0.207 e. The topological polar surface area (TPSA) is 24.7 Å². The molecule has 2 nitrogen and oxygen atoms in total. The van der Waals surface area contributed by atoms with Crippen LogP contribution in [0.25, 0.3) is 0 Å². The minimum atomic E-state index is 0. The van der Waals surface area contributed by atoms with Gasteiger partial charge in [-0.1, -0.05) is 33.3 Å². The summed E-state index contributed by atoms with van der Waals surface area (Å²) >= 11 is 0. The summed E-state index contributed by atoms with van der Waals surface area (Å²) in [6.07, 6.45) is 0.922. The van der Waals surface area contributed by atoms with Crippen LogP contribution >= 0.6 is 0 Å². The van der Waals surface area contributed by atoms with Gasteiger partial charge in [0, 0.05) is 32.7 Å². The molecule has 77 valence electrons. The Morgan fingerprint density at radius 3 is 1.33 bits per heavy atom. The molecule has 0 spiro atoms. The zero-order chi connectivity index (χ0) is 10.5. The van der Waals surface area contributed by atoms with Crippen LogP contribution in [0.4, 0.5) is 0 Å². The quantitative estimate of drug-likeness (QED) is 0.701. The normalized spacial score (nSPS) is 12.7. The van der Waals surface area contributed by atoms with Crippen LogP contribution in [0.2, 0.25) is 0 Å². The minimum Gasteiger partial charge on any atom is -0.207 e. The molecule has 1 aliphatic heterocycles. The van der Waals surface area contributed by atoms with Gasteiger partial charge >= 0.3 is 0 Å². The molecule has 0 unspecified atom stereocenters. The molecule has 1 aromatic rings. The molecular formula is C12H15N2Y-. The van der Waals surface area contributed by atoms with Crippen molar-refractivity contribution in [1.82, 2.24) is 0 Å². The molecule has 0 atom stereocenters. The maximum absolute atomic E-state index is 3.95. The average Bonchev–Trinajstić information content (AvgIpc) is 2.96. The van der Waals surface area contributed by atoms with E-state index in [1.54, 1.807) is 0 Å². The number of hydrogen-bond donors (Lipinski definition) is 0. The monoisotopic (exact) mass is 276 g/mol. The third-order valence-corrected chi connectivity index (χ3v) is 3.42. The molecule has 1 aromatic carbocycles. The molecule has 3 heteroatoms. The van der Waals surface area contributed by atoms with Crippen LogP contribution in [-0.2, 0) is 32.7 Å². The van der Waals surface area contributed by atoms with Crippen LogP contribution in [-0.4, -0.2) is 0 Å². The molecule has 0 bridgehead atoms. The van der Waals surface area contributed by atoms with E-state index in [4.69, 9.17) is 0 Å². The standard InChI is InChI=1S/C12H15N2.Y/c1-6-7(2)9(4)11(12-13-14-12)10(5)8(6)3;/h1-5H3;/q-1;. The minimum absolute atomic E-state index is 0. The molecule has 2 rings (SSSR count). The second-order valence-electron chi connectivity index (χ2n) is 4.02. The predicted octanol–water partition coefficient (Wildman–Crippen LogP) is 3.53. The van der Waals surface area contributed by atoms with Crippen molar-refractivity contribution in [3.63, 3.8) is 0 Å². The maximum Gasteiger partial charge on any atom is 0.0893 e. The first-order chi connectivity index (χ1) is 6.54. The van der Waals surface area contributed by atoms with Gasteiger partial charge in [0.2, 0.25) is 0 Å². The third-order valence-electron chi connectivity index (χ3n) is 3.42. The van der Waals surface area contributed by atoms with Gasteiger partial charge in [0.05, 0.1) is 6.17 Å². The Labute approximate surface area is 116 Å². The fraction of sp³-hybridized carbons (Fsp3) is 0.417. The van der Waals surface area contributed by atoms with E-state index in [1.165, 1.54) is 33.4 Å². The Kier molecular flexibility index (Phi) is 3.73. The van der Waals surface area contributed by atoms with Crippen LogP contribution < -0.4 is 0 Å². The molecule has 0 saturated carbocycles. The van der Waals surface area contributed by atoms with Crippen LogP contribution in [0.3, 0.4) is 0 Å². The number of nitrogens with zero attached hydrogens (tertiary/aromatic N) is 2. The number of benzene rings is 1. The van der Waals surface area contributed by atoms with Crippen molar-refractivity contribution >= 4 is 0 Å². The van der Waals surface area contributed by atoms with Crippen molar-refractivity contribution in [3.8, 4) is 0 Å². The van der Waals surface area contributed by atoms with Gasteiger partial charge in [-0.15, -0.1) is 27.8 Å². The Bertz CT molecular complexity index is 401. The summed E-state index contributed by atoms with van der Waals surface area (Å²) in [7, 11) is 0. The molecule has 0 fully saturated rings. The van der Waals surface area contributed by atoms with Gasteiger partial charge in [0.25, 0.3) is 0 Å². The molecule has 1 aliphatic rings. The molecule has 1 heterocycles. The Hall–Kier alpha value is -0.206. The summed E-state index contributed by atoms with van der Waals surface area (Å²) in [5.41, 5.74) is 8.02. The van der Waals surface area contributed by atoms with Crippen molar-refractivity contribution in [1.29, 1.82) is 0 Å². The Balaban J connectivity index is 0.00000112. The maximum atomic E-state index is 3.95. The summed E-state index contributed by atoms with van der Waals surface area (Å²) in [5, 5.41) is 7.90. The summed E-state index contributed by atoms with van der Waals surface area (Å²) < 4.78 is 0. The first-order valence-electron chi connectivity index (χ1n) is 4.90. The van der Waals surface area contributed by atoms with E-state index >= 15 is 0 Å². The third kappa shape index (κ3) is 2.02. The van der Waals surface area contributed by atoms with Crippen LogP contribution in [0.15, 0.2) is 10.2 Å². The molecule has 0 aliphatic carbocycles. The molecule has 15 heavy (non-hydrogen) atoms. The van der Waals surface area contributed by atoms with Gasteiger partial charge in [-0.25, -0.2) is 10.2 Å². The van der Waals surface area contributed by atoms with Gasteiger partial charge in [-0.2, -0.15) is 0 Å². The molecule has 1 radical (unpaired) electrons.